The van der Waals surface area contributed by atoms with E-state index in [4.69, 9.17) is 4.74 Å². The fraction of sp³-hybridized carbons (Fsp3) is 0.250. The summed E-state index contributed by atoms with van der Waals surface area (Å²) in [7, 11) is 0. The second kappa shape index (κ2) is 8.44. The molecule has 140 valence electrons. The molecule has 0 spiro atoms. The van der Waals surface area contributed by atoms with Crippen LogP contribution in [-0.4, -0.2) is 39.3 Å². The van der Waals surface area contributed by atoms with Crippen molar-refractivity contribution in [3.8, 4) is 0 Å². The van der Waals surface area contributed by atoms with Gasteiger partial charge in [-0.1, -0.05) is 30.3 Å². The third-order valence-electron chi connectivity index (χ3n) is 3.99. The first-order valence-corrected chi connectivity index (χ1v) is 8.65. The molecule has 0 bridgehead atoms. The number of carbonyl (C=O) groups is 2. The van der Waals surface area contributed by atoms with Crippen LogP contribution in [0.15, 0.2) is 54.9 Å². The SMILES string of the molecule is CCOC(=O)CN(Cc1ccccc1)C(=O)Cc1cn2cc(F)ccc2n1. The largest absolute Gasteiger partial charge is 0.465 e. The average Bonchev–Trinajstić information content (AvgIpc) is 3.03. The van der Waals surface area contributed by atoms with Gasteiger partial charge in [-0.3, -0.25) is 9.59 Å². The van der Waals surface area contributed by atoms with Crippen LogP contribution in [0.25, 0.3) is 5.65 Å². The van der Waals surface area contributed by atoms with Crippen molar-refractivity contribution in [1.82, 2.24) is 14.3 Å². The number of hydrogen-bond acceptors (Lipinski definition) is 4. The van der Waals surface area contributed by atoms with E-state index in [1.807, 2.05) is 30.3 Å². The van der Waals surface area contributed by atoms with E-state index in [-0.39, 0.29) is 31.3 Å². The maximum absolute atomic E-state index is 13.3. The first-order chi connectivity index (χ1) is 13.0. The van der Waals surface area contributed by atoms with Crippen LogP contribution in [0.4, 0.5) is 4.39 Å². The van der Waals surface area contributed by atoms with Gasteiger partial charge in [0.15, 0.2) is 0 Å². The van der Waals surface area contributed by atoms with E-state index < -0.39 is 5.97 Å². The zero-order chi connectivity index (χ0) is 19.2. The second-order valence-electron chi connectivity index (χ2n) is 6.06. The first-order valence-electron chi connectivity index (χ1n) is 8.65. The van der Waals surface area contributed by atoms with Gasteiger partial charge >= 0.3 is 5.97 Å². The molecule has 0 atom stereocenters. The summed E-state index contributed by atoms with van der Waals surface area (Å²) in [5.41, 5.74) is 1.97. The third-order valence-corrected chi connectivity index (χ3v) is 3.99. The summed E-state index contributed by atoms with van der Waals surface area (Å²) in [4.78, 5) is 30.5. The molecular weight excluding hydrogens is 349 g/mol. The lowest BCUT2D eigenvalue weighted by atomic mass is 10.2. The van der Waals surface area contributed by atoms with Crippen molar-refractivity contribution >= 4 is 17.5 Å². The van der Waals surface area contributed by atoms with Gasteiger partial charge in [0.25, 0.3) is 0 Å². The first kappa shape index (κ1) is 18.6. The average molecular weight is 369 g/mol. The molecule has 0 aliphatic rings. The van der Waals surface area contributed by atoms with Crippen molar-refractivity contribution < 1.29 is 18.7 Å². The molecule has 0 saturated carbocycles. The van der Waals surface area contributed by atoms with Crippen molar-refractivity contribution in [2.75, 3.05) is 13.2 Å². The van der Waals surface area contributed by atoms with Gasteiger partial charge < -0.3 is 14.0 Å². The molecule has 1 aromatic carbocycles. The molecule has 6 nitrogen and oxygen atoms in total. The molecule has 2 heterocycles. The summed E-state index contributed by atoms with van der Waals surface area (Å²) in [6.45, 7) is 2.13. The van der Waals surface area contributed by atoms with Crippen molar-refractivity contribution in [1.29, 1.82) is 0 Å². The molecular formula is C20H20FN3O3. The molecule has 2 aromatic heterocycles. The molecule has 0 fully saturated rings. The molecule has 0 unspecified atom stereocenters. The van der Waals surface area contributed by atoms with E-state index in [0.717, 1.165) is 5.56 Å². The zero-order valence-corrected chi connectivity index (χ0v) is 15.0. The molecule has 0 N–H and O–H groups in total. The van der Waals surface area contributed by atoms with Gasteiger partial charge in [-0.05, 0) is 24.6 Å². The number of aromatic nitrogens is 2. The van der Waals surface area contributed by atoms with E-state index in [9.17, 15) is 14.0 Å². The van der Waals surface area contributed by atoms with Gasteiger partial charge in [0, 0.05) is 18.9 Å². The Morgan fingerprint density at radius 1 is 1.15 bits per heavy atom. The van der Waals surface area contributed by atoms with Crippen LogP contribution >= 0.6 is 0 Å². The molecule has 27 heavy (non-hydrogen) atoms. The number of rotatable bonds is 7. The number of nitrogens with zero attached hydrogens (tertiary/aromatic N) is 3. The lowest BCUT2D eigenvalue weighted by molar-refractivity contribution is -0.149. The molecule has 0 radical (unpaired) electrons. The zero-order valence-electron chi connectivity index (χ0n) is 15.0. The number of esters is 1. The Kier molecular flexibility index (Phi) is 5.80. The highest BCUT2D eigenvalue weighted by molar-refractivity contribution is 5.83. The van der Waals surface area contributed by atoms with Crippen molar-refractivity contribution in [3.05, 3.63) is 71.9 Å². The number of amides is 1. The van der Waals surface area contributed by atoms with Crippen LogP contribution in [0.1, 0.15) is 18.2 Å². The number of benzene rings is 1. The molecule has 3 rings (SSSR count). The van der Waals surface area contributed by atoms with Crippen molar-refractivity contribution in [2.45, 2.75) is 19.9 Å². The quantitative estimate of drug-likeness (QED) is 0.601. The molecule has 0 saturated heterocycles. The van der Waals surface area contributed by atoms with E-state index in [1.54, 1.807) is 19.2 Å². The minimum atomic E-state index is -0.459. The van der Waals surface area contributed by atoms with Gasteiger partial charge in [-0.2, -0.15) is 0 Å². The van der Waals surface area contributed by atoms with E-state index >= 15 is 0 Å². The minimum Gasteiger partial charge on any atom is -0.465 e. The number of carbonyl (C=O) groups excluding carboxylic acids is 2. The van der Waals surface area contributed by atoms with Gasteiger partial charge in [0.05, 0.1) is 18.7 Å². The summed E-state index contributed by atoms with van der Waals surface area (Å²) < 4.78 is 19.8. The number of halogens is 1. The highest BCUT2D eigenvalue weighted by atomic mass is 19.1. The Morgan fingerprint density at radius 2 is 1.93 bits per heavy atom. The van der Waals surface area contributed by atoms with Crippen LogP contribution in [0.5, 0.6) is 0 Å². The normalized spacial score (nSPS) is 10.7. The molecule has 7 heteroatoms. The second-order valence-corrected chi connectivity index (χ2v) is 6.06. The summed E-state index contributed by atoms with van der Waals surface area (Å²) in [5, 5.41) is 0. The van der Waals surface area contributed by atoms with E-state index in [1.165, 1.54) is 21.6 Å². The number of hydrogen-bond donors (Lipinski definition) is 0. The van der Waals surface area contributed by atoms with Gasteiger partial charge in [-0.15, -0.1) is 0 Å². The van der Waals surface area contributed by atoms with E-state index in [2.05, 4.69) is 4.98 Å². The summed E-state index contributed by atoms with van der Waals surface area (Å²) in [6.07, 6.45) is 2.92. The van der Waals surface area contributed by atoms with Crippen LogP contribution < -0.4 is 0 Å². The summed E-state index contributed by atoms with van der Waals surface area (Å²) >= 11 is 0. The number of pyridine rings is 1. The summed E-state index contributed by atoms with van der Waals surface area (Å²) in [6, 6.07) is 12.3. The summed E-state index contributed by atoms with van der Waals surface area (Å²) in [5.74, 6) is -1.10. The number of imidazole rings is 1. The van der Waals surface area contributed by atoms with Crippen LogP contribution in [0.3, 0.4) is 0 Å². The van der Waals surface area contributed by atoms with Crippen molar-refractivity contribution in [3.63, 3.8) is 0 Å². The van der Waals surface area contributed by atoms with Gasteiger partial charge in [0.2, 0.25) is 5.91 Å². The predicted octanol–water partition coefficient (Wildman–Crippen LogP) is 2.61. The monoisotopic (exact) mass is 369 g/mol. The Morgan fingerprint density at radius 3 is 2.67 bits per heavy atom. The van der Waals surface area contributed by atoms with Crippen LogP contribution in [0.2, 0.25) is 0 Å². The maximum Gasteiger partial charge on any atom is 0.325 e. The predicted molar refractivity (Wildman–Crippen MR) is 97.3 cm³/mol. The topological polar surface area (TPSA) is 63.9 Å². The molecule has 3 aromatic rings. The lowest BCUT2D eigenvalue weighted by Crippen LogP contribution is -2.37. The fourth-order valence-electron chi connectivity index (χ4n) is 2.77. The standard InChI is InChI=1S/C20H20FN3O3/c1-2-27-20(26)14-24(11-15-6-4-3-5-7-15)19(25)10-17-13-23-12-16(21)8-9-18(23)22-17/h3-9,12-13H,2,10-11,14H2,1H3. The van der Waals surface area contributed by atoms with Crippen LogP contribution in [-0.2, 0) is 27.3 Å². The van der Waals surface area contributed by atoms with Gasteiger partial charge in [-0.25, -0.2) is 9.37 Å². The number of ether oxygens (including phenoxy) is 1. The molecule has 0 aliphatic carbocycles. The lowest BCUT2D eigenvalue weighted by Gasteiger charge is -2.21. The molecule has 1 amide bonds. The van der Waals surface area contributed by atoms with E-state index in [0.29, 0.717) is 17.9 Å². The highest BCUT2D eigenvalue weighted by Gasteiger charge is 2.20. The Balaban J connectivity index is 1.76. The van der Waals surface area contributed by atoms with Crippen LogP contribution in [0, 0.1) is 5.82 Å². The Bertz CT molecular complexity index is 940. The number of fused-ring (bicyclic) bond motifs is 1. The Labute approximate surface area is 156 Å². The third kappa shape index (κ3) is 4.91. The Hall–Kier alpha value is -3.22. The maximum atomic E-state index is 13.3. The smallest absolute Gasteiger partial charge is 0.325 e. The highest BCUT2D eigenvalue weighted by Crippen LogP contribution is 2.11. The minimum absolute atomic E-state index is 0.00946. The van der Waals surface area contributed by atoms with Gasteiger partial charge in [0.1, 0.15) is 18.0 Å². The fourth-order valence-corrected chi connectivity index (χ4v) is 2.77. The molecule has 0 aliphatic heterocycles. The van der Waals surface area contributed by atoms with Crippen molar-refractivity contribution in [2.24, 2.45) is 0 Å².